The van der Waals surface area contributed by atoms with E-state index in [2.05, 4.69) is 77.2 Å². The molecule has 0 bridgehead atoms. The molecule has 5 rings (SSSR count). The first-order chi connectivity index (χ1) is 10.8. The Balaban J connectivity index is 2.06. The fourth-order valence-electron chi connectivity index (χ4n) is 3.34. The maximum absolute atomic E-state index is 5.99. The molecule has 0 radical (unpaired) electrons. The summed E-state index contributed by atoms with van der Waals surface area (Å²) in [7, 11) is 0. The van der Waals surface area contributed by atoms with Gasteiger partial charge in [-0.25, -0.2) is 0 Å². The Kier molecular flexibility index (Phi) is 2.53. The van der Waals surface area contributed by atoms with Crippen LogP contribution in [0.1, 0.15) is 0 Å². The Labute approximate surface area is 140 Å². The highest BCUT2D eigenvalue weighted by Crippen LogP contribution is 2.37. The van der Waals surface area contributed by atoms with Gasteiger partial charge in [-0.15, -0.1) is 0 Å². The third-order valence-corrected chi connectivity index (χ3v) is 4.99. The highest BCUT2D eigenvalue weighted by Gasteiger charge is 2.11. The highest BCUT2D eigenvalue weighted by molar-refractivity contribution is 14.1. The highest BCUT2D eigenvalue weighted by atomic mass is 127. The van der Waals surface area contributed by atoms with E-state index >= 15 is 0 Å². The van der Waals surface area contributed by atoms with E-state index in [1.807, 2.05) is 12.1 Å². The van der Waals surface area contributed by atoms with Gasteiger partial charge in [-0.1, -0.05) is 42.5 Å². The van der Waals surface area contributed by atoms with Crippen LogP contribution in [0.4, 0.5) is 0 Å². The fraction of sp³-hybridized carbons (Fsp3) is 0. The third-order valence-electron chi connectivity index (χ3n) is 4.32. The van der Waals surface area contributed by atoms with Gasteiger partial charge in [0.2, 0.25) is 0 Å². The lowest BCUT2D eigenvalue weighted by molar-refractivity contribution is 0.669. The van der Waals surface area contributed by atoms with Gasteiger partial charge in [0, 0.05) is 14.3 Å². The number of rotatable bonds is 0. The molecule has 0 aliphatic carbocycles. The number of hydrogen-bond donors (Lipinski definition) is 0. The number of fused-ring (bicyclic) bond motifs is 7. The maximum atomic E-state index is 5.99. The number of para-hydroxylation sites is 1. The van der Waals surface area contributed by atoms with Crippen molar-refractivity contribution >= 4 is 66.1 Å². The average molecular weight is 394 g/mol. The zero-order valence-electron chi connectivity index (χ0n) is 11.6. The van der Waals surface area contributed by atoms with Crippen LogP contribution in [0.2, 0.25) is 0 Å². The van der Waals surface area contributed by atoms with Crippen molar-refractivity contribution in [3.63, 3.8) is 0 Å². The van der Waals surface area contributed by atoms with Gasteiger partial charge in [-0.2, -0.15) is 0 Å². The SMILES string of the molecule is Ic1ccc2c(ccc3c2ccc2oc4ccccc4c23)c1. The lowest BCUT2D eigenvalue weighted by Crippen LogP contribution is -1.80. The zero-order chi connectivity index (χ0) is 14.7. The van der Waals surface area contributed by atoms with Crippen molar-refractivity contribution in [2.24, 2.45) is 0 Å². The van der Waals surface area contributed by atoms with Crippen molar-refractivity contribution in [2.45, 2.75) is 0 Å². The lowest BCUT2D eigenvalue weighted by atomic mass is 9.98. The van der Waals surface area contributed by atoms with Crippen LogP contribution < -0.4 is 0 Å². The second-order valence-electron chi connectivity index (χ2n) is 5.56. The van der Waals surface area contributed by atoms with E-state index in [-0.39, 0.29) is 0 Å². The molecule has 0 unspecified atom stereocenters. The van der Waals surface area contributed by atoms with Crippen molar-refractivity contribution in [3.05, 3.63) is 70.3 Å². The average Bonchev–Trinajstić information content (AvgIpc) is 2.93. The van der Waals surface area contributed by atoms with Gasteiger partial charge in [0.15, 0.2) is 0 Å². The standard InChI is InChI=1S/C20H11IO/c21-13-6-8-14-12(11-13)5-7-16-15(14)9-10-19-20(16)17-3-1-2-4-18(17)22-19/h1-11H. The molecule has 0 aliphatic rings. The number of furan rings is 1. The number of hydrogen-bond acceptors (Lipinski definition) is 1. The molecule has 104 valence electrons. The normalized spacial score (nSPS) is 11.9. The van der Waals surface area contributed by atoms with E-state index in [1.165, 1.54) is 35.9 Å². The molecule has 0 atom stereocenters. The Morgan fingerprint density at radius 1 is 0.636 bits per heavy atom. The van der Waals surface area contributed by atoms with Gasteiger partial charge in [0.1, 0.15) is 11.2 Å². The molecule has 0 spiro atoms. The fourth-order valence-corrected chi connectivity index (χ4v) is 3.86. The van der Waals surface area contributed by atoms with Crippen LogP contribution in [-0.4, -0.2) is 0 Å². The van der Waals surface area contributed by atoms with Crippen LogP contribution in [0.25, 0.3) is 43.5 Å². The van der Waals surface area contributed by atoms with Gasteiger partial charge in [0.25, 0.3) is 0 Å². The first-order valence-corrected chi connectivity index (χ1v) is 8.31. The molecule has 0 saturated carbocycles. The summed E-state index contributed by atoms with van der Waals surface area (Å²) in [6.45, 7) is 0. The maximum Gasteiger partial charge on any atom is 0.136 e. The molecule has 0 saturated heterocycles. The topological polar surface area (TPSA) is 13.1 Å². The second-order valence-corrected chi connectivity index (χ2v) is 6.81. The van der Waals surface area contributed by atoms with Gasteiger partial charge in [0.05, 0.1) is 0 Å². The Morgan fingerprint density at radius 2 is 1.45 bits per heavy atom. The first-order valence-electron chi connectivity index (χ1n) is 7.23. The molecule has 5 aromatic rings. The van der Waals surface area contributed by atoms with Crippen LogP contribution in [0.15, 0.2) is 71.1 Å². The Morgan fingerprint density at radius 3 is 2.41 bits per heavy atom. The molecular weight excluding hydrogens is 383 g/mol. The minimum atomic E-state index is 0.952. The third kappa shape index (κ3) is 1.64. The van der Waals surface area contributed by atoms with E-state index in [9.17, 15) is 0 Å². The Hall–Kier alpha value is -2.07. The smallest absolute Gasteiger partial charge is 0.136 e. The van der Waals surface area contributed by atoms with Crippen LogP contribution >= 0.6 is 22.6 Å². The minimum absolute atomic E-state index is 0.952. The van der Waals surface area contributed by atoms with E-state index in [0.717, 1.165) is 11.2 Å². The van der Waals surface area contributed by atoms with Crippen molar-refractivity contribution in [1.82, 2.24) is 0 Å². The van der Waals surface area contributed by atoms with E-state index in [1.54, 1.807) is 0 Å². The van der Waals surface area contributed by atoms with Crippen LogP contribution in [0.5, 0.6) is 0 Å². The first kappa shape index (κ1) is 12.5. The summed E-state index contributed by atoms with van der Waals surface area (Å²) in [4.78, 5) is 0. The van der Waals surface area contributed by atoms with Gasteiger partial charge < -0.3 is 4.42 Å². The Bertz CT molecular complexity index is 1180. The summed E-state index contributed by atoms with van der Waals surface area (Å²) in [6.07, 6.45) is 0. The number of halogens is 1. The quantitative estimate of drug-likeness (QED) is 0.216. The molecule has 0 amide bonds. The zero-order valence-corrected chi connectivity index (χ0v) is 13.8. The van der Waals surface area contributed by atoms with Crippen LogP contribution in [-0.2, 0) is 0 Å². The predicted octanol–water partition coefficient (Wildman–Crippen LogP) is 6.50. The van der Waals surface area contributed by atoms with Crippen molar-refractivity contribution in [1.29, 1.82) is 0 Å². The van der Waals surface area contributed by atoms with E-state index in [4.69, 9.17) is 4.42 Å². The monoisotopic (exact) mass is 394 g/mol. The molecule has 0 fully saturated rings. The van der Waals surface area contributed by atoms with Gasteiger partial charge >= 0.3 is 0 Å². The summed E-state index contributed by atoms with van der Waals surface area (Å²) in [5, 5.41) is 7.53. The minimum Gasteiger partial charge on any atom is -0.456 e. The van der Waals surface area contributed by atoms with E-state index < -0.39 is 0 Å². The van der Waals surface area contributed by atoms with Gasteiger partial charge in [-0.05, 0) is 68.4 Å². The van der Waals surface area contributed by atoms with Crippen molar-refractivity contribution in [3.8, 4) is 0 Å². The molecule has 0 aliphatic heterocycles. The molecule has 4 aromatic carbocycles. The number of benzene rings is 4. The molecule has 1 aromatic heterocycles. The molecule has 1 nitrogen and oxygen atoms in total. The predicted molar refractivity (Wildman–Crippen MR) is 101 cm³/mol. The molecule has 1 heterocycles. The van der Waals surface area contributed by atoms with Crippen molar-refractivity contribution < 1.29 is 4.42 Å². The van der Waals surface area contributed by atoms with Crippen LogP contribution in [0, 0.1) is 3.57 Å². The van der Waals surface area contributed by atoms with E-state index in [0.29, 0.717) is 0 Å². The van der Waals surface area contributed by atoms with Crippen molar-refractivity contribution in [2.75, 3.05) is 0 Å². The molecule has 0 N–H and O–H groups in total. The summed E-state index contributed by atoms with van der Waals surface area (Å²) in [5.74, 6) is 0. The summed E-state index contributed by atoms with van der Waals surface area (Å²) in [6, 6.07) is 23.6. The second kappa shape index (κ2) is 4.46. The largest absolute Gasteiger partial charge is 0.456 e. The molecule has 22 heavy (non-hydrogen) atoms. The molecular formula is C20H11IO. The molecule has 2 heteroatoms. The van der Waals surface area contributed by atoms with Gasteiger partial charge in [-0.3, -0.25) is 0 Å². The lowest BCUT2D eigenvalue weighted by Gasteiger charge is -2.05. The van der Waals surface area contributed by atoms with Crippen LogP contribution in [0.3, 0.4) is 0 Å². The summed E-state index contributed by atoms with van der Waals surface area (Å²) < 4.78 is 7.25. The summed E-state index contributed by atoms with van der Waals surface area (Å²) >= 11 is 2.36. The summed E-state index contributed by atoms with van der Waals surface area (Å²) in [5.41, 5.74) is 1.91.